The molecule has 2 fully saturated rings. The fourth-order valence-electron chi connectivity index (χ4n) is 3.95. The predicted molar refractivity (Wildman–Crippen MR) is 91.5 cm³/mol. The van der Waals surface area contributed by atoms with Crippen LogP contribution < -0.4 is 0 Å². The van der Waals surface area contributed by atoms with Crippen molar-refractivity contribution >= 4 is 5.91 Å². The van der Waals surface area contributed by atoms with Gasteiger partial charge in [-0.1, -0.05) is 12.1 Å². The fourth-order valence-corrected chi connectivity index (χ4v) is 3.95. The second kappa shape index (κ2) is 8.10. The van der Waals surface area contributed by atoms with E-state index in [0.29, 0.717) is 23.6 Å². The van der Waals surface area contributed by atoms with E-state index >= 15 is 0 Å². The number of aromatic nitrogens is 2. The summed E-state index contributed by atoms with van der Waals surface area (Å²) in [5.41, 5.74) is 0. The molecule has 0 aromatic carbocycles. The summed E-state index contributed by atoms with van der Waals surface area (Å²) in [5.74, 6) is 2.95. The lowest BCUT2D eigenvalue weighted by Gasteiger charge is -2.34. The van der Waals surface area contributed by atoms with Gasteiger partial charge in [-0.2, -0.15) is 4.98 Å². The summed E-state index contributed by atoms with van der Waals surface area (Å²) in [4.78, 5) is 21.4. The maximum atomic E-state index is 12.6. The first-order valence-electron chi connectivity index (χ1n) is 9.43. The predicted octanol–water partition coefficient (Wildman–Crippen LogP) is 2.28. The molecule has 0 atom stereocenters. The van der Waals surface area contributed by atoms with Crippen LogP contribution in [0.25, 0.3) is 0 Å². The van der Waals surface area contributed by atoms with Crippen LogP contribution in [0.1, 0.15) is 50.7 Å². The topological polar surface area (TPSA) is 62.5 Å². The van der Waals surface area contributed by atoms with Crippen molar-refractivity contribution in [2.75, 3.05) is 32.7 Å². The number of likely N-dealkylation sites (tertiary alicyclic amines) is 2. The van der Waals surface area contributed by atoms with Gasteiger partial charge in [-0.05, 0) is 57.2 Å². The van der Waals surface area contributed by atoms with E-state index in [9.17, 15) is 4.79 Å². The number of piperidine rings is 2. The molecule has 0 N–H and O–H groups in total. The number of rotatable bonds is 5. The molecule has 0 aliphatic carbocycles. The largest absolute Gasteiger partial charge is 0.343 e. The Bertz CT molecular complexity index is 529. The lowest BCUT2D eigenvalue weighted by atomic mass is 9.90. The van der Waals surface area contributed by atoms with Crippen LogP contribution in [0.3, 0.4) is 0 Å². The molecule has 134 valence electrons. The van der Waals surface area contributed by atoms with Crippen LogP contribution >= 0.6 is 0 Å². The molecule has 1 aromatic rings. The molecule has 6 nitrogen and oxygen atoms in total. The summed E-state index contributed by atoms with van der Waals surface area (Å²) in [7, 11) is 0. The van der Waals surface area contributed by atoms with Crippen LogP contribution in [0, 0.1) is 18.8 Å². The Morgan fingerprint density at radius 3 is 2.38 bits per heavy atom. The zero-order valence-corrected chi connectivity index (χ0v) is 15.0. The van der Waals surface area contributed by atoms with Crippen molar-refractivity contribution in [3.8, 4) is 0 Å². The fraction of sp³-hybridized carbons (Fsp3) is 0.833. The molecule has 0 spiro atoms. The number of amides is 1. The molecule has 0 saturated carbocycles. The second-order valence-corrected chi connectivity index (χ2v) is 7.34. The lowest BCUT2D eigenvalue weighted by Crippen LogP contribution is -2.41. The van der Waals surface area contributed by atoms with E-state index in [0.717, 1.165) is 64.2 Å². The molecular weight excluding hydrogens is 304 g/mol. The van der Waals surface area contributed by atoms with Crippen LogP contribution in [0.15, 0.2) is 4.52 Å². The van der Waals surface area contributed by atoms with E-state index in [2.05, 4.69) is 26.9 Å². The number of carbonyl (C=O) groups is 1. The smallest absolute Gasteiger partial charge is 0.223 e. The van der Waals surface area contributed by atoms with Crippen LogP contribution in [0.2, 0.25) is 0 Å². The number of carbonyl (C=O) groups excluding carboxylic acids is 1. The van der Waals surface area contributed by atoms with Crippen LogP contribution in [-0.2, 0) is 11.2 Å². The Morgan fingerprint density at radius 1 is 1.12 bits per heavy atom. The van der Waals surface area contributed by atoms with E-state index in [1.807, 2.05) is 6.92 Å². The third kappa shape index (κ3) is 4.56. The van der Waals surface area contributed by atoms with E-state index in [1.165, 1.54) is 12.8 Å². The molecule has 3 rings (SSSR count). The third-order valence-corrected chi connectivity index (χ3v) is 5.63. The highest BCUT2D eigenvalue weighted by molar-refractivity contribution is 5.76. The first kappa shape index (κ1) is 17.4. The third-order valence-electron chi connectivity index (χ3n) is 5.63. The van der Waals surface area contributed by atoms with Crippen molar-refractivity contribution in [3.63, 3.8) is 0 Å². The molecule has 2 aliphatic rings. The van der Waals surface area contributed by atoms with Crippen molar-refractivity contribution in [2.24, 2.45) is 11.8 Å². The summed E-state index contributed by atoms with van der Waals surface area (Å²) in [6.45, 7) is 9.24. The summed E-state index contributed by atoms with van der Waals surface area (Å²) in [5, 5.41) is 3.98. The number of hydrogen-bond acceptors (Lipinski definition) is 5. The van der Waals surface area contributed by atoms with E-state index in [1.54, 1.807) is 0 Å². The summed E-state index contributed by atoms with van der Waals surface area (Å²) < 4.78 is 5.04. The Morgan fingerprint density at radius 2 is 1.79 bits per heavy atom. The van der Waals surface area contributed by atoms with Crippen LogP contribution in [-0.4, -0.2) is 58.6 Å². The van der Waals surface area contributed by atoms with Crippen molar-refractivity contribution in [3.05, 3.63) is 11.7 Å². The molecule has 6 heteroatoms. The molecule has 0 radical (unpaired) electrons. The van der Waals surface area contributed by atoms with Gasteiger partial charge in [-0.15, -0.1) is 0 Å². The van der Waals surface area contributed by atoms with Gasteiger partial charge in [0.2, 0.25) is 11.8 Å². The normalized spacial score (nSPS) is 21.3. The van der Waals surface area contributed by atoms with Gasteiger partial charge in [0, 0.05) is 32.9 Å². The second-order valence-electron chi connectivity index (χ2n) is 7.34. The molecule has 2 saturated heterocycles. The van der Waals surface area contributed by atoms with Gasteiger partial charge in [-0.25, -0.2) is 0 Å². The zero-order chi connectivity index (χ0) is 16.9. The van der Waals surface area contributed by atoms with Gasteiger partial charge in [0.05, 0.1) is 0 Å². The number of aryl methyl sites for hydroxylation is 1. The van der Waals surface area contributed by atoms with Gasteiger partial charge in [-0.3, -0.25) is 4.79 Å². The van der Waals surface area contributed by atoms with Crippen LogP contribution in [0.5, 0.6) is 0 Å². The maximum Gasteiger partial charge on any atom is 0.223 e. The Kier molecular flexibility index (Phi) is 5.87. The van der Waals surface area contributed by atoms with Gasteiger partial charge in [0.1, 0.15) is 0 Å². The summed E-state index contributed by atoms with van der Waals surface area (Å²) in [6.07, 6.45) is 6.06. The van der Waals surface area contributed by atoms with E-state index in [-0.39, 0.29) is 0 Å². The van der Waals surface area contributed by atoms with Crippen molar-refractivity contribution in [1.82, 2.24) is 19.9 Å². The maximum absolute atomic E-state index is 12.6. The monoisotopic (exact) mass is 334 g/mol. The minimum Gasteiger partial charge on any atom is -0.343 e. The first-order valence-corrected chi connectivity index (χ1v) is 9.43. The van der Waals surface area contributed by atoms with Crippen molar-refractivity contribution in [2.45, 2.75) is 52.4 Å². The Labute approximate surface area is 144 Å². The highest BCUT2D eigenvalue weighted by Gasteiger charge is 2.27. The standard InChI is InChI=1S/C18H30N4O2/c1-3-21-8-4-16(5-9-21)13-18(23)22-10-6-15(7-11-22)12-17-19-14(2)24-20-17/h15-16H,3-13H2,1-2H3. The quantitative estimate of drug-likeness (QED) is 0.827. The van der Waals surface area contributed by atoms with Crippen LogP contribution in [0.4, 0.5) is 0 Å². The summed E-state index contributed by atoms with van der Waals surface area (Å²) >= 11 is 0. The molecule has 1 aromatic heterocycles. The van der Waals surface area contributed by atoms with E-state index in [4.69, 9.17) is 4.52 Å². The van der Waals surface area contributed by atoms with Gasteiger partial charge in [0.15, 0.2) is 5.82 Å². The minimum absolute atomic E-state index is 0.360. The first-order chi connectivity index (χ1) is 11.6. The zero-order valence-electron chi connectivity index (χ0n) is 15.0. The average Bonchev–Trinajstić information content (AvgIpc) is 3.01. The number of nitrogens with zero attached hydrogens (tertiary/aromatic N) is 4. The van der Waals surface area contributed by atoms with Gasteiger partial charge >= 0.3 is 0 Å². The lowest BCUT2D eigenvalue weighted by molar-refractivity contribution is -0.134. The van der Waals surface area contributed by atoms with E-state index < -0.39 is 0 Å². The Balaban J connectivity index is 1.39. The molecule has 0 unspecified atom stereocenters. The minimum atomic E-state index is 0.360. The molecule has 2 aliphatic heterocycles. The van der Waals surface area contributed by atoms with Crippen molar-refractivity contribution in [1.29, 1.82) is 0 Å². The SMILES string of the molecule is CCN1CCC(CC(=O)N2CCC(Cc3noc(C)n3)CC2)CC1. The molecule has 0 bridgehead atoms. The highest BCUT2D eigenvalue weighted by Crippen LogP contribution is 2.24. The number of hydrogen-bond donors (Lipinski definition) is 0. The summed E-state index contributed by atoms with van der Waals surface area (Å²) in [6, 6.07) is 0. The highest BCUT2D eigenvalue weighted by atomic mass is 16.5. The van der Waals surface area contributed by atoms with Gasteiger partial charge in [0.25, 0.3) is 0 Å². The Hall–Kier alpha value is -1.43. The average molecular weight is 334 g/mol. The molecule has 24 heavy (non-hydrogen) atoms. The molecule has 1 amide bonds. The molecular formula is C18H30N4O2. The van der Waals surface area contributed by atoms with Gasteiger partial charge < -0.3 is 14.3 Å². The van der Waals surface area contributed by atoms with Crippen molar-refractivity contribution < 1.29 is 9.32 Å². The molecule has 3 heterocycles.